The average molecular weight is 347 g/mol. The van der Waals surface area contributed by atoms with Crippen molar-refractivity contribution in [3.05, 3.63) is 29.3 Å². The van der Waals surface area contributed by atoms with Crippen LogP contribution in [0.2, 0.25) is 0 Å². The number of amides is 1. The van der Waals surface area contributed by atoms with Crippen LogP contribution in [-0.4, -0.2) is 42.6 Å². The highest BCUT2D eigenvalue weighted by atomic mass is 16.5. The molecule has 1 heterocycles. The van der Waals surface area contributed by atoms with Crippen LogP contribution in [0, 0.1) is 18.8 Å². The number of nitrogens with zero attached hydrogens (tertiary/aromatic N) is 1. The summed E-state index contributed by atoms with van der Waals surface area (Å²) < 4.78 is 5.75. The van der Waals surface area contributed by atoms with Gasteiger partial charge in [-0.3, -0.25) is 4.79 Å². The molecule has 25 heavy (non-hydrogen) atoms. The molecule has 1 amide bonds. The monoisotopic (exact) mass is 346 g/mol. The number of aryl methyl sites for hydroxylation is 1. The third kappa shape index (κ3) is 6.03. The molecule has 1 aliphatic rings. The van der Waals surface area contributed by atoms with E-state index in [1.54, 1.807) is 0 Å². The lowest BCUT2D eigenvalue weighted by atomic mass is 9.91. The minimum absolute atomic E-state index is 0.129. The van der Waals surface area contributed by atoms with Crippen LogP contribution in [0.25, 0.3) is 0 Å². The lowest BCUT2D eigenvalue weighted by Gasteiger charge is -2.35. The fourth-order valence-corrected chi connectivity index (χ4v) is 3.50. The smallest absolute Gasteiger partial charge is 0.253 e. The minimum atomic E-state index is -0.129. The van der Waals surface area contributed by atoms with Gasteiger partial charge in [-0.1, -0.05) is 19.9 Å². The lowest BCUT2D eigenvalue weighted by Crippen LogP contribution is -2.42. The zero-order chi connectivity index (χ0) is 18.6. The Labute approximate surface area is 152 Å². The highest BCUT2D eigenvalue weighted by Gasteiger charge is 2.26. The summed E-state index contributed by atoms with van der Waals surface area (Å²) in [5.74, 6) is 1.29. The molecule has 0 bridgehead atoms. The zero-order valence-corrected chi connectivity index (χ0v) is 16.7. The maximum Gasteiger partial charge on any atom is 0.253 e. The number of hydrogen-bond donors (Lipinski definition) is 1. The SMILES string of the molecule is Cc1ccc(C(=O)N2C[C@@H](C)C[C@H](C)C2)cc1NCCOC(C)(C)C. The number of carbonyl (C=O) groups is 1. The van der Waals surface area contributed by atoms with Gasteiger partial charge in [-0.15, -0.1) is 0 Å². The van der Waals surface area contributed by atoms with Gasteiger partial charge in [0.15, 0.2) is 0 Å². The summed E-state index contributed by atoms with van der Waals surface area (Å²) in [7, 11) is 0. The number of anilines is 1. The van der Waals surface area contributed by atoms with Gasteiger partial charge in [0.2, 0.25) is 0 Å². The molecule has 1 aliphatic heterocycles. The summed E-state index contributed by atoms with van der Waals surface area (Å²) in [6.07, 6.45) is 1.21. The molecule has 4 nitrogen and oxygen atoms in total. The minimum Gasteiger partial charge on any atom is -0.382 e. The third-order valence-corrected chi connectivity index (χ3v) is 4.59. The van der Waals surface area contributed by atoms with Crippen LogP contribution < -0.4 is 5.32 Å². The van der Waals surface area contributed by atoms with Gasteiger partial charge in [-0.2, -0.15) is 0 Å². The van der Waals surface area contributed by atoms with Gasteiger partial charge >= 0.3 is 0 Å². The molecular formula is C21H34N2O2. The van der Waals surface area contributed by atoms with Gasteiger partial charge in [0, 0.05) is 30.9 Å². The first-order valence-corrected chi connectivity index (χ1v) is 9.43. The fourth-order valence-electron chi connectivity index (χ4n) is 3.50. The maximum atomic E-state index is 12.9. The van der Waals surface area contributed by atoms with Gasteiger partial charge in [0.25, 0.3) is 5.91 Å². The molecule has 2 atom stereocenters. The molecule has 0 aromatic heterocycles. The van der Waals surface area contributed by atoms with Gasteiger partial charge in [0.1, 0.15) is 0 Å². The first kappa shape index (κ1) is 19.8. The molecule has 0 radical (unpaired) electrons. The Balaban J connectivity index is 2.01. The molecule has 140 valence electrons. The topological polar surface area (TPSA) is 41.6 Å². The van der Waals surface area contributed by atoms with Crippen molar-refractivity contribution in [3.8, 4) is 0 Å². The van der Waals surface area contributed by atoms with E-state index in [9.17, 15) is 4.79 Å². The van der Waals surface area contributed by atoms with Gasteiger partial charge < -0.3 is 15.0 Å². The Morgan fingerprint density at radius 1 is 1.24 bits per heavy atom. The predicted molar refractivity (Wildman–Crippen MR) is 104 cm³/mol. The van der Waals surface area contributed by atoms with E-state index in [2.05, 4.69) is 46.9 Å². The first-order valence-electron chi connectivity index (χ1n) is 9.43. The molecule has 1 fully saturated rings. The van der Waals surface area contributed by atoms with E-state index in [4.69, 9.17) is 4.74 Å². The van der Waals surface area contributed by atoms with E-state index in [1.807, 2.05) is 23.1 Å². The van der Waals surface area contributed by atoms with Gasteiger partial charge in [0.05, 0.1) is 12.2 Å². The third-order valence-electron chi connectivity index (χ3n) is 4.59. The van der Waals surface area contributed by atoms with Crippen molar-refractivity contribution in [2.45, 2.75) is 53.6 Å². The number of rotatable bonds is 5. The number of likely N-dealkylation sites (tertiary alicyclic amines) is 1. The van der Waals surface area contributed by atoms with Crippen molar-refractivity contribution < 1.29 is 9.53 Å². The number of carbonyl (C=O) groups excluding carboxylic acids is 1. The molecule has 0 saturated carbocycles. The standard InChI is InChI=1S/C21H34N2O2/c1-15-11-16(2)14-23(13-15)20(24)18-8-7-17(3)19(12-18)22-9-10-25-21(4,5)6/h7-8,12,15-16,22H,9-11,13-14H2,1-6H3/t15-,16-/m0/s1. The largest absolute Gasteiger partial charge is 0.382 e. The molecule has 1 aromatic rings. The zero-order valence-electron chi connectivity index (χ0n) is 16.7. The Morgan fingerprint density at radius 2 is 1.88 bits per heavy atom. The van der Waals surface area contributed by atoms with Crippen LogP contribution in [0.3, 0.4) is 0 Å². The molecular weight excluding hydrogens is 312 g/mol. The molecule has 0 unspecified atom stereocenters. The van der Waals surface area contributed by atoms with Crippen molar-refractivity contribution in [3.63, 3.8) is 0 Å². The summed E-state index contributed by atoms with van der Waals surface area (Å²) in [6, 6.07) is 5.95. The number of benzene rings is 1. The fraction of sp³-hybridized carbons (Fsp3) is 0.667. The summed E-state index contributed by atoms with van der Waals surface area (Å²) in [4.78, 5) is 14.9. The van der Waals surface area contributed by atoms with Crippen LogP contribution >= 0.6 is 0 Å². The second-order valence-electron chi connectivity index (χ2n) is 8.57. The number of piperidine rings is 1. The number of nitrogens with one attached hydrogen (secondary N) is 1. The molecule has 1 N–H and O–H groups in total. The van der Waals surface area contributed by atoms with Crippen LogP contribution in [0.1, 0.15) is 57.0 Å². The second kappa shape index (κ2) is 8.22. The van der Waals surface area contributed by atoms with E-state index in [-0.39, 0.29) is 11.5 Å². The second-order valence-corrected chi connectivity index (χ2v) is 8.57. The average Bonchev–Trinajstić information content (AvgIpc) is 2.50. The molecule has 0 aliphatic carbocycles. The Hall–Kier alpha value is -1.55. The predicted octanol–water partition coefficient (Wildman–Crippen LogP) is 4.34. The van der Waals surface area contributed by atoms with Crippen molar-refractivity contribution in [1.29, 1.82) is 0 Å². The maximum absolute atomic E-state index is 12.9. The molecule has 4 heteroatoms. The van der Waals surface area contributed by atoms with Crippen LogP contribution in [0.5, 0.6) is 0 Å². The van der Waals surface area contributed by atoms with Crippen molar-refractivity contribution in [2.24, 2.45) is 11.8 Å². The molecule has 2 rings (SSSR count). The van der Waals surface area contributed by atoms with Crippen LogP contribution in [-0.2, 0) is 4.74 Å². The highest BCUT2D eigenvalue weighted by molar-refractivity contribution is 5.95. The first-order chi connectivity index (χ1) is 11.7. The van der Waals surface area contributed by atoms with Crippen molar-refractivity contribution in [2.75, 3.05) is 31.6 Å². The Bertz CT molecular complexity index is 582. The van der Waals surface area contributed by atoms with Crippen LogP contribution in [0.4, 0.5) is 5.69 Å². The van der Waals surface area contributed by atoms with Crippen molar-refractivity contribution >= 4 is 11.6 Å². The van der Waals surface area contributed by atoms with E-state index in [0.717, 1.165) is 36.4 Å². The molecule has 1 aromatic carbocycles. The summed E-state index contributed by atoms with van der Waals surface area (Å²) in [5, 5.41) is 3.41. The Kier molecular flexibility index (Phi) is 6.50. The Morgan fingerprint density at radius 3 is 2.48 bits per heavy atom. The van der Waals surface area contributed by atoms with E-state index in [0.29, 0.717) is 18.4 Å². The van der Waals surface area contributed by atoms with Gasteiger partial charge in [-0.05, 0) is 63.6 Å². The number of ether oxygens (including phenoxy) is 1. The quantitative estimate of drug-likeness (QED) is 0.806. The lowest BCUT2D eigenvalue weighted by molar-refractivity contribution is 0.00333. The summed E-state index contributed by atoms with van der Waals surface area (Å²) in [5.41, 5.74) is 2.80. The van der Waals surface area contributed by atoms with Gasteiger partial charge in [-0.25, -0.2) is 0 Å². The highest BCUT2D eigenvalue weighted by Crippen LogP contribution is 2.24. The number of hydrogen-bond acceptors (Lipinski definition) is 3. The molecule has 0 spiro atoms. The summed E-state index contributed by atoms with van der Waals surface area (Å²) >= 11 is 0. The van der Waals surface area contributed by atoms with E-state index < -0.39 is 0 Å². The summed E-state index contributed by atoms with van der Waals surface area (Å²) in [6.45, 7) is 15.8. The van der Waals surface area contributed by atoms with E-state index >= 15 is 0 Å². The molecule has 1 saturated heterocycles. The van der Waals surface area contributed by atoms with E-state index in [1.165, 1.54) is 6.42 Å². The normalized spacial score (nSPS) is 21.3. The van der Waals surface area contributed by atoms with Crippen LogP contribution in [0.15, 0.2) is 18.2 Å². The van der Waals surface area contributed by atoms with Crippen molar-refractivity contribution in [1.82, 2.24) is 4.90 Å².